The van der Waals surface area contributed by atoms with E-state index in [-0.39, 0.29) is 36.6 Å². The van der Waals surface area contributed by atoms with Gasteiger partial charge in [0.15, 0.2) is 0 Å². The van der Waals surface area contributed by atoms with Crippen molar-refractivity contribution in [1.82, 2.24) is 0 Å². The standard InChI is InChI=1S/C13H22O5/c1-4-10(9-14)11(7-12(15)17-5-2)8-13(16)18-6-3/h9-11H,4-8H2,1-3H3. The van der Waals surface area contributed by atoms with Gasteiger partial charge >= 0.3 is 11.9 Å². The molecule has 0 heterocycles. The second-order valence-corrected chi connectivity index (χ2v) is 3.99. The summed E-state index contributed by atoms with van der Waals surface area (Å²) >= 11 is 0. The number of carbonyl (C=O) groups is 3. The summed E-state index contributed by atoms with van der Waals surface area (Å²) in [6.45, 7) is 5.87. The lowest BCUT2D eigenvalue weighted by Crippen LogP contribution is -2.24. The van der Waals surface area contributed by atoms with Gasteiger partial charge < -0.3 is 14.3 Å². The minimum atomic E-state index is -0.382. The van der Waals surface area contributed by atoms with E-state index in [1.807, 2.05) is 6.92 Å². The van der Waals surface area contributed by atoms with Crippen LogP contribution in [0.3, 0.4) is 0 Å². The molecule has 1 atom stereocenters. The third-order valence-electron chi connectivity index (χ3n) is 2.72. The first kappa shape index (κ1) is 16.6. The molecule has 0 aromatic heterocycles. The largest absolute Gasteiger partial charge is 0.466 e. The second-order valence-electron chi connectivity index (χ2n) is 3.99. The maximum absolute atomic E-state index is 11.4. The van der Waals surface area contributed by atoms with Gasteiger partial charge in [0.1, 0.15) is 6.29 Å². The lowest BCUT2D eigenvalue weighted by Gasteiger charge is -2.20. The molecule has 0 aliphatic carbocycles. The van der Waals surface area contributed by atoms with Crippen molar-refractivity contribution in [2.24, 2.45) is 11.8 Å². The summed E-state index contributed by atoms with van der Waals surface area (Å²) in [4.78, 5) is 33.8. The zero-order valence-electron chi connectivity index (χ0n) is 11.3. The van der Waals surface area contributed by atoms with Crippen molar-refractivity contribution < 1.29 is 23.9 Å². The molecule has 0 aliphatic rings. The van der Waals surface area contributed by atoms with Crippen LogP contribution in [0.5, 0.6) is 0 Å². The van der Waals surface area contributed by atoms with Crippen LogP contribution in [-0.4, -0.2) is 31.4 Å². The summed E-state index contributed by atoms with van der Waals surface area (Å²) < 4.78 is 9.69. The molecule has 0 radical (unpaired) electrons. The fourth-order valence-electron chi connectivity index (χ4n) is 1.78. The lowest BCUT2D eigenvalue weighted by molar-refractivity contribution is -0.147. The fourth-order valence-corrected chi connectivity index (χ4v) is 1.78. The fraction of sp³-hybridized carbons (Fsp3) is 0.769. The first-order valence-electron chi connectivity index (χ1n) is 6.35. The van der Waals surface area contributed by atoms with Crippen molar-refractivity contribution in [1.29, 1.82) is 0 Å². The second kappa shape index (κ2) is 9.62. The van der Waals surface area contributed by atoms with Crippen molar-refractivity contribution >= 4 is 18.2 Å². The third kappa shape index (κ3) is 6.37. The molecule has 0 saturated carbocycles. The molecule has 0 fully saturated rings. The van der Waals surface area contributed by atoms with Gasteiger partial charge in [0.25, 0.3) is 0 Å². The van der Waals surface area contributed by atoms with Crippen LogP contribution in [0.25, 0.3) is 0 Å². The van der Waals surface area contributed by atoms with Crippen molar-refractivity contribution in [2.45, 2.75) is 40.0 Å². The van der Waals surface area contributed by atoms with E-state index in [4.69, 9.17) is 9.47 Å². The van der Waals surface area contributed by atoms with Crippen LogP contribution in [0.15, 0.2) is 0 Å². The Morgan fingerprint density at radius 1 is 1.00 bits per heavy atom. The first-order valence-corrected chi connectivity index (χ1v) is 6.35. The molecule has 0 aromatic carbocycles. The predicted molar refractivity (Wildman–Crippen MR) is 65.8 cm³/mol. The third-order valence-corrected chi connectivity index (χ3v) is 2.72. The van der Waals surface area contributed by atoms with E-state index in [1.54, 1.807) is 13.8 Å². The molecule has 0 aromatic rings. The molecule has 0 aliphatic heterocycles. The zero-order chi connectivity index (χ0) is 14.0. The molecular formula is C13H22O5. The maximum atomic E-state index is 11.4. The highest BCUT2D eigenvalue weighted by atomic mass is 16.5. The molecule has 0 saturated heterocycles. The average Bonchev–Trinajstić information content (AvgIpc) is 2.30. The molecule has 0 spiro atoms. The molecular weight excluding hydrogens is 236 g/mol. The zero-order valence-corrected chi connectivity index (χ0v) is 11.3. The van der Waals surface area contributed by atoms with Crippen LogP contribution < -0.4 is 0 Å². The van der Waals surface area contributed by atoms with Gasteiger partial charge in [-0.15, -0.1) is 0 Å². The van der Waals surface area contributed by atoms with Gasteiger partial charge in [-0.2, -0.15) is 0 Å². The summed E-state index contributed by atoms with van der Waals surface area (Å²) in [6, 6.07) is 0. The Hall–Kier alpha value is -1.39. The van der Waals surface area contributed by atoms with Crippen molar-refractivity contribution in [3.8, 4) is 0 Å². The number of hydrogen-bond donors (Lipinski definition) is 0. The maximum Gasteiger partial charge on any atom is 0.306 e. The minimum Gasteiger partial charge on any atom is -0.466 e. The van der Waals surface area contributed by atoms with Crippen LogP contribution in [0, 0.1) is 11.8 Å². The van der Waals surface area contributed by atoms with E-state index in [1.165, 1.54) is 0 Å². The van der Waals surface area contributed by atoms with Gasteiger partial charge in [0.05, 0.1) is 13.2 Å². The topological polar surface area (TPSA) is 69.7 Å². The SMILES string of the molecule is CCOC(=O)CC(CC(=O)OCC)C(C=O)CC. The van der Waals surface area contributed by atoms with Crippen LogP contribution in [0.4, 0.5) is 0 Å². The van der Waals surface area contributed by atoms with Crippen molar-refractivity contribution in [3.63, 3.8) is 0 Å². The average molecular weight is 258 g/mol. The van der Waals surface area contributed by atoms with E-state index < -0.39 is 0 Å². The van der Waals surface area contributed by atoms with Gasteiger partial charge in [-0.3, -0.25) is 9.59 Å². The van der Waals surface area contributed by atoms with E-state index in [9.17, 15) is 14.4 Å². The predicted octanol–water partition coefficient (Wildman–Crippen LogP) is 1.73. The van der Waals surface area contributed by atoms with Gasteiger partial charge in [-0.25, -0.2) is 0 Å². The van der Waals surface area contributed by atoms with Gasteiger partial charge in [-0.1, -0.05) is 6.92 Å². The quantitative estimate of drug-likeness (QED) is 0.465. The Morgan fingerprint density at radius 2 is 1.44 bits per heavy atom. The van der Waals surface area contributed by atoms with Crippen LogP contribution in [-0.2, 0) is 23.9 Å². The number of esters is 2. The van der Waals surface area contributed by atoms with E-state index >= 15 is 0 Å². The summed E-state index contributed by atoms with van der Waals surface area (Å²) in [7, 11) is 0. The highest BCUT2D eigenvalue weighted by Crippen LogP contribution is 2.22. The number of carbonyl (C=O) groups excluding carboxylic acids is 3. The number of aldehydes is 1. The van der Waals surface area contributed by atoms with Crippen LogP contribution in [0.1, 0.15) is 40.0 Å². The molecule has 5 nitrogen and oxygen atoms in total. The Bertz CT molecular complexity index is 255. The molecule has 1 unspecified atom stereocenters. The smallest absolute Gasteiger partial charge is 0.306 e. The molecule has 0 amide bonds. The van der Waals surface area contributed by atoms with Crippen molar-refractivity contribution in [3.05, 3.63) is 0 Å². The molecule has 0 bridgehead atoms. The summed E-state index contributed by atoms with van der Waals surface area (Å²) in [6.07, 6.45) is 1.53. The van der Waals surface area contributed by atoms with E-state index in [0.29, 0.717) is 19.6 Å². The van der Waals surface area contributed by atoms with Crippen LogP contribution >= 0.6 is 0 Å². The Kier molecular flexibility index (Phi) is 8.88. The summed E-state index contributed by atoms with van der Waals surface area (Å²) in [5.41, 5.74) is 0. The Morgan fingerprint density at radius 3 is 1.72 bits per heavy atom. The minimum absolute atomic E-state index is 0.0733. The van der Waals surface area contributed by atoms with Gasteiger partial charge in [0.2, 0.25) is 0 Å². The molecule has 104 valence electrons. The number of rotatable bonds is 9. The lowest BCUT2D eigenvalue weighted by atomic mass is 9.86. The highest BCUT2D eigenvalue weighted by molar-refractivity contribution is 5.74. The van der Waals surface area contributed by atoms with Gasteiger partial charge in [-0.05, 0) is 26.2 Å². The van der Waals surface area contributed by atoms with Crippen LogP contribution in [0.2, 0.25) is 0 Å². The Labute approximate surface area is 108 Å². The summed E-state index contributed by atoms with van der Waals surface area (Å²) in [5.74, 6) is -1.43. The van der Waals surface area contributed by atoms with Crippen molar-refractivity contribution in [2.75, 3.05) is 13.2 Å². The molecule has 0 rings (SSSR count). The first-order chi connectivity index (χ1) is 8.58. The number of hydrogen-bond acceptors (Lipinski definition) is 5. The van der Waals surface area contributed by atoms with E-state index in [2.05, 4.69) is 0 Å². The van der Waals surface area contributed by atoms with Gasteiger partial charge in [0, 0.05) is 18.8 Å². The Balaban J connectivity index is 4.55. The monoisotopic (exact) mass is 258 g/mol. The molecule has 0 N–H and O–H groups in total. The molecule has 18 heavy (non-hydrogen) atoms. The summed E-state index contributed by atoms with van der Waals surface area (Å²) in [5, 5.41) is 0. The molecule has 5 heteroatoms. The van der Waals surface area contributed by atoms with E-state index in [0.717, 1.165) is 6.29 Å². The normalized spacial score (nSPS) is 12.0. The number of ether oxygens (including phenoxy) is 2. The highest BCUT2D eigenvalue weighted by Gasteiger charge is 2.26.